The van der Waals surface area contributed by atoms with Gasteiger partial charge in [-0.1, -0.05) is 11.6 Å². The smallest absolute Gasteiger partial charge is 0.328 e. The van der Waals surface area contributed by atoms with E-state index in [1.807, 2.05) is 0 Å². The lowest BCUT2D eigenvalue weighted by atomic mass is 10.3. The van der Waals surface area contributed by atoms with Crippen molar-refractivity contribution in [3.05, 3.63) is 35.4 Å². The van der Waals surface area contributed by atoms with Gasteiger partial charge in [-0.25, -0.2) is 4.79 Å². The SMILES string of the molecule is O=C(O)/C=C/c1nnc(-c2ccncc2Cl)o1. The van der Waals surface area contributed by atoms with Gasteiger partial charge < -0.3 is 9.52 Å². The maximum absolute atomic E-state index is 10.3. The molecule has 0 aliphatic carbocycles. The minimum absolute atomic E-state index is 0.0929. The van der Waals surface area contributed by atoms with Crippen molar-refractivity contribution >= 4 is 23.6 Å². The van der Waals surface area contributed by atoms with Crippen LogP contribution in [0.25, 0.3) is 17.5 Å². The Hall–Kier alpha value is -2.21. The Labute approximate surface area is 101 Å². The highest BCUT2D eigenvalue weighted by Gasteiger charge is 2.10. The number of aliphatic carboxylic acids is 1. The quantitative estimate of drug-likeness (QED) is 0.838. The van der Waals surface area contributed by atoms with Crippen LogP contribution >= 0.6 is 11.6 Å². The number of pyridine rings is 1. The van der Waals surface area contributed by atoms with Crippen LogP contribution in [0.2, 0.25) is 5.02 Å². The van der Waals surface area contributed by atoms with Crippen molar-refractivity contribution in [2.24, 2.45) is 0 Å². The van der Waals surface area contributed by atoms with Gasteiger partial charge in [-0.15, -0.1) is 10.2 Å². The lowest BCUT2D eigenvalue weighted by Crippen LogP contribution is -1.85. The molecule has 0 radical (unpaired) electrons. The fourth-order valence-corrected chi connectivity index (χ4v) is 1.30. The van der Waals surface area contributed by atoms with Gasteiger partial charge >= 0.3 is 5.97 Å². The molecule has 2 rings (SSSR count). The van der Waals surface area contributed by atoms with Crippen molar-refractivity contribution in [3.8, 4) is 11.5 Å². The van der Waals surface area contributed by atoms with Crippen molar-refractivity contribution in [2.75, 3.05) is 0 Å². The predicted molar refractivity (Wildman–Crippen MR) is 59.2 cm³/mol. The monoisotopic (exact) mass is 251 g/mol. The van der Waals surface area contributed by atoms with Crippen molar-refractivity contribution in [1.29, 1.82) is 0 Å². The van der Waals surface area contributed by atoms with E-state index in [0.29, 0.717) is 10.6 Å². The van der Waals surface area contributed by atoms with E-state index in [1.165, 1.54) is 18.5 Å². The second kappa shape index (κ2) is 4.75. The Bertz CT molecular complexity index is 580. The summed E-state index contributed by atoms with van der Waals surface area (Å²) in [4.78, 5) is 14.1. The molecule has 0 fully saturated rings. The largest absolute Gasteiger partial charge is 0.478 e. The van der Waals surface area contributed by atoms with Crippen LogP contribution in [-0.4, -0.2) is 26.3 Å². The fraction of sp³-hybridized carbons (Fsp3) is 0. The van der Waals surface area contributed by atoms with Crippen molar-refractivity contribution < 1.29 is 14.3 Å². The summed E-state index contributed by atoms with van der Waals surface area (Å²) in [6.07, 6.45) is 5.10. The summed E-state index contributed by atoms with van der Waals surface area (Å²) < 4.78 is 5.22. The van der Waals surface area contributed by atoms with Crippen molar-refractivity contribution in [2.45, 2.75) is 0 Å². The maximum atomic E-state index is 10.3. The molecule has 7 heteroatoms. The Morgan fingerprint density at radius 2 is 2.29 bits per heavy atom. The van der Waals surface area contributed by atoms with E-state index in [2.05, 4.69) is 15.2 Å². The molecule has 0 spiro atoms. The number of halogens is 1. The summed E-state index contributed by atoms with van der Waals surface area (Å²) in [7, 11) is 0. The third-order valence-corrected chi connectivity index (χ3v) is 2.11. The summed E-state index contributed by atoms with van der Waals surface area (Å²) in [6, 6.07) is 1.63. The number of hydrogen-bond donors (Lipinski definition) is 1. The molecule has 0 saturated carbocycles. The summed E-state index contributed by atoms with van der Waals surface area (Å²) in [5.41, 5.74) is 0.546. The van der Waals surface area contributed by atoms with Crippen LogP contribution in [0.5, 0.6) is 0 Å². The first-order chi connectivity index (χ1) is 8.16. The highest BCUT2D eigenvalue weighted by Crippen LogP contribution is 2.25. The molecule has 0 bridgehead atoms. The minimum atomic E-state index is -1.09. The van der Waals surface area contributed by atoms with Gasteiger partial charge in [0.2, 0.25) is 11.8 Å². The van der Waals surface area contributed by atoms with Gasteiger partial charge in [0.1, 0.15) is 0 Å². The number of aromatic nitrogens is 3. The molecule has 0 aliphatic rings. The van der Waals surface area contributed by atoms with Crippen LogP contribution in [0.4, 0.5) is 0 Å². The van der Waals surface area contributed by atoms with Crippen LogP contribution in [-0.2, 0) is 4.79 Å². The molecule has 0 atom stereocenters. The number of rotatable bonds is 3. The van der Waals surface area contributed by atoms with Crippen molar-refractivity contribution in [1.82, 2.24) is 15.2 Å². The Balaban J connectivity index is 2.30. The standard InChI is InChI=1S/C10H6ClN3O3/c11-7-5-12-4-3-6(7)10-14-13-8(17-10)1-2-9(15)16/h1-5H,(H,15,16)/b2-1+. The highest BCUT2D eigenvalue weighted by molar-refractivity contribution is 6.32. The normalized spacial score (nSPS) is 10.9. The van der Waals surface area contributed by atoms with Crippen LogP contribution in [0.1, 0.15) is 5.89 Å². The molecule has 0 amide bonds. The number of hydrogen-bond acceptors (Lipinski definition) is 5. The molecule has 6 nitrogen and oxygen atoms in total. The van der Waals surface area contributed by atoms with E-state index >= 15 is 0 Å². The molecule has 2 aromatic heterocycles. The third-order valence-electron chi connectivity index (χ3n) is 1.81. The van der Waals surface area contributed by atoms with E-state index in [9.17, 15) is 4.79 Å². The van der Waals surface area contributed by atoms with E-state index in [0.717, 1.165) is 6.08 Å². The molecule has 86 valence electrons. The molecule has 2 aromatic rings. The lowest BCUT2D eigenvalue weighted by Gasteiger charge is -1.95. The van der Waals surface area contributed by atoms with Crippen LogP contribution in [0.3, 0.4) is 0 Å². The lowest BCUT2D eigenvalue weighted by molar-refractivity contribution is -0.131. The Kier molecular flexibility index (Phi) is 3.15. The molecule has 1 N–H and O–H groups in total. The van der Waals surface area contributed by atoms with E-state index in [4.69, 9.17) is 21.1 Å². The van der Waals surface area contributed by atoms with Gasteiger partial charge in [0.05, 0.1) is 10.6 Å². The third kappa shape index (κ3) is 2.67. The van der Waals surface area contributed by atoms with E-state index in [-0.39, 0.29) is 11.8 Å². The van der Waals surface area contributed by atoms with Crippen LogP contribution in [0, 0.1) is 0 Å². The first-order valence-electron chi connectivity index (χ1n) is 4.51. The molecule has 2 heterocycles. The molecule has 0 aliphatic heterocycles. The van der Waals surface area contributed by atoms with Gasteiger partial charge in [0, 0.05) is 24.5 Å². The number of carboxylic acids is 1. The van der Waals surface area contributed by atoms with Gasteiger partial charge in [-0.2, -0.15) is 0 Å². The number of carboxylic acid groups (broad SMARTS) is 1. The average molecular weight is 252 g/mol. The zero-order valence-corrected chi connectivity index (χ0v) is 9.13. The van der Waals surface area contributed by atoms with Crippen LogP contribution in [0.15, 0.2) is 29.0 Å². The summed E-state index contributed by atoms with van der Waals surface area (Å²) >= 11 is 5.89. The Morgan fingerprint density at radius 3 is 3.00 bits per heavy atom. The second-order valence-corrected chi connectivity index (χ2v) is 3.38. The van der Waals surface area contributed by atoms with Gasteiger partial charge in [0.15, 0.2) is 0 Å². The topological polar surface area (TPSA) is 89.1 Å². The molecular weight excluding hydrogens is 246 g/mol. The second-order valence-electron chi connectivity index (χ2n) is 2.97. The summed E-state index contributed by atoms with van der Waals surface area (Å²) in [6.45, 7) is 0. The zero-order chi connectivity index (χ0) is 12.3. The van der Waals surface area contributed by atoms with E-state index < -0.39 is 5.97 Å². The highest BCUT2D eigenvalue weighted by atomic mass is 35.5. The van der Waals surface area contributed by atoms with E-state index in [1.54, 1.807) is 6.07 Å². The first kappa shape index (κ1) is 11.3. The predicted octanol–water partition coefficient (Wildman–Crippen LogP) is 1.88. The fourth-order valence-electron chi connectivity index (χ4n) is 1.10. The van der Waals surface area contributed by atoms with Crippen molar-refractivity contribution in [3.63, 3.8) is 0 Å². The van der Waals surface area contributed by atoms with Crippen LogP contribution < -0.4 is 0 Å². The molecule has 0 aromatic carbocycles. The average Bonchev–Trinajstić information content (AvgIpc) is 2.75. The minimum Gasteiger partial charge on any atom is -0.478 e. The molecule has 17 heavy (non-hydrogen) atoms. The van der Waals surface area contributed by atoms with Gasteiger partial charge in [-0.05, 0) is 6.07 Å². The van der Waals surface area contributed by atoms with Gasteiger partial charge in [-0.3, -0.25) is 4.98 Å². The summed E-state index contributed by atoms with van der Waals surface area (Å²) in [5, 5.41) is 16.2. The zero-order valence-electron chi connectivity index (χ0n) is 8.37. The molecule has 0 unspecified atom stereocenters. The van der Waals surface area contributed by atoms with Gasteiger partial charge in [0.25, 0.3) is 0 Å². The summed E-state index contributed by atoms with van der Waals surface area (Å²) in [5.74, 6) is -0.788. The molecule has 0 saturated heterocycles. The first-order valence-corrected chi connectivity index (χ1v) is 4.89. The Morgan fingerprint density at radius 1 is 1.47 bits per heavy atom. The number of nitrogens with zero attached hydrogens (tertiary/aromatic N) is 3. The number of carbonyl (C=O) groups is 1. The molecular formula is C10H6ClN3O3. The maximum Gasteiger partial charge on any atom is 0.328 e.